The molecule has 0 saturated carbocycles. The third-order valence-corrected chi connectivity index (χ3v) is 4.49. The summed E-state index contributed by atoms with van der Waals surface area (Å²) in [7, 11) is 0. The van der Waals surface area contributed by atoms with E-state index in [4.69, 9.17) is 4.74 Å². The lowest BCUT2D eigenvalue weighted by Gasteiger charge is -2.15. The zero-order valence-electron chi connectivity index (χ0n) is 14.4. The molecule has 3 aromatic rings. The molecule has 140 valence electrons. The van der Waals surface area contributed by atoms with E-state index in [0.717, 1.165) is 5.75 Å². The van der Waals surface area contributed by atoms with Crippen LogP contribution in [0.25, 0.3) is 0 Å². The Kier molecular flexibility index (Phi) is 4.41. The van der Waals surface area contributed by atoms with Crippen molar-refractivity contribution in [3.63, 3.8) is 0 Å². The van der Waals surface area contributed by atoms with Crippen LogP contribution >= 0.6 is 0 Å². The normalized spacial score (nSPS) is 16.6. The van der Waals surface area contributed by atoms with E-state index in [9.17, 15) is 15.0 Å². The second-order valence-electron chi connectivity index (χ2n) is 6.38. The zero-order valence-corrected chi connectivity index (χ0v) is 14.4. The van der Waals surface area contributed by atoms with Gasteiger partial charge in [0.25, 0.3) is 5.91 Å². The van der Waals surface area contributed by atoms with E-state index in [0.29, 0.717) is 30.9 Å². The van der Waals surface area contributed by atoms with Gasteiger partial charge in [-0.15, -0.1) is 5.10 Å². The molecule has 1 saturated heterocycles. The molecule has 1 amide bonds. The van der Waals surface area contributed by atoms with Crippen LogP contribution in [0, 0.1) is 0 Å². The largest absolute Gasteiger partial charge is 0.493 e. The summed E-state index contributed by atoms with van der Waals surface area (Å²) in [5.74, 6) is 0.180. The van der Waals surface area contributed by atoms with Crippen LogP contribution in [0.4, 0.5) is 0 Å². The molecule has 1 aliphatic heterocycles. The monoisotopic (exact) mass is 369 g/mol. The molecule has 2 aromatic heterocycles. The van der Waals surface area contributed by atoms with Gasteiger partial charge < -0.3 is 19.8 Å². The highest BCUT2D eigenvalue weighted by molar-refractivity contribution is 5.92. The predicted molar refractivity (Wildman–Crippen MR) is 94.5 cm³/mol. The molecule has 1 unspecified atom stereocenters. The minimum atomic E-state index is -0.243. The summed E-state index contributed by atoms with van der Waals surface area (Å²) in [5, 5.41) is 29.9. The van der Waals surface area contributed by atoms with Crippen LogP contribution < -0.4 is 4.74 Å². The Morgan fingerprint density at radius 2 is 2.07 bits per heavy atom. The fourth-order valence-electron chi connectivity index (χ4n) is 3.15. The highest BCUT2D eigenvalue weighted by Crippen LogP contribution is 2.28. The number of likely N-dealkylation sites (tertiary alicyclic amines) is 1. The topological polar surface area (TPSA) is 117 Å². The minimum absolute atomic E-state index is 0.119. The van der Waals surface area contributed by atoms with E-state index in [1.54, 1.807) is 11.0 Å². The number of carbonyl (C=O) groups is 1. The van der Waals surface area contributed by atoms with Crippen molar-refractivity contribution in [1.29, 1.82) is 0 Å². The Bertz CT molecular complexity index is 936. The second kappa shape index (κ2) is 7.02. The van der Waals surface area contributed by atoms with Crippen molar-refractivity contribution in [2.75, 3.05) is 13.1 Å². The third kappa shape index (κ3) is 3.57. The van der Waals surface area contributed by atoms with E-state index in [2.05, 4.69) is 15.3 Å². The number of aromatic hydroxyl groups is 2. The van der Waals surface area contributed by atoms with Crippen molar-refractivity contribution < 1.29 is 19.7 Å². The van der Waals surface area contributed by atoms with E-state index in [1.807, 2.05) is 30.3 Å². The van der Waals surface area contributed by atoms with Gasteiger partial charge in [0, 0.05) is 13.1 Å². The molecule has 1 aromatic carbocycles. The van der Waals surface area contributed by atoms with Gasteiger partial charge in [0.15, 0.2) is 5.69 Å². The van der Waals surface area contributed by atoms with Gasteiger partial charge in [-0.2, -0.15) is 5.10 Å². The van der Waals surface area contributed by atoms with Crippen LogP contribution in [0.15, 0.2) is 42.5 Å². The average Bonchev–Trinajstić information content (AvgIpc) is 3.40. The van der Waals surface area contributed by atoms with Gasteiger partial charge in [-0.3, -0.25) is 9.89 Å². The number of hydrogen-bond acceptors (Lipinski definition) is 6. The molecule has 0 spiro atoms. The van der Waals surface area contributed by atoms with Crippen molar-refractivity contribution >= 4 is 5.91 Å². The number of amides is 1. The maximum absolute atomic E-state index is 12.7. The van der Waals surface area contributed by atoms with E-state index in [-0.39, 0.29) is 30.3 Å². The fourth-order valence-corrected chi connectivity index (χ4v) is 3.15. The Morgan fingerprint density at radius 1 is 1.26 bits per heavy atom. The molecule has 9 heteroatoms. The van der Waals surface area contributed by atoms with Gasteiger partial charge in [0.05, 0.1) is 17.8 Å². The summed E-state index contributed by atoms with van der Waals surface area (Å²) < 4.78 is 6.98. The Balaban J connectivity index is 1.37. The SMILES string of the molecule is O=C(c1cc(COc2ccccc2)[nH]n1)N1CCC(n2nc(O)cc2O)C1. The van der Waals surface area contributed by atoms with Gasteiger partial charge in [0.2, 0.25) is 11.8 Å². The lowest BCUT2D eigenvalue weighted by Crippen LogP contribution is -2.29. The number of nitrogens with zero attached hydrogens (tertiary/aromatic N) is 4. The maximum Gasteiger partial charge on any atom is 0.274 e. The highest BCUT2D eigenvalue weighted by atomic mass is 16.5. The van der Waals surface area contributed by atoms with E-state index in [1.165, 1.54) is 10.7 Å². The van der Waals surface area contributed by atoms with Crippen molar-refractivity contribution in [1.82, 2.24) is 24.9 Å². The standard InChI is InChI=1S/C18H19N5O4/c24-16-9-17(25)23(21-16)13-6-7-22(10-13)18(26)15-8-12(19-20-15)11-27-14-4-2-1-3-5-14/h1-5,8-9,13,25H,6-7,10-11H2,(H,19,20)(H,21,24). The quantitative estimate of drug-likeness (QED) is 0.630. The lowest BCUT2D eigenvalue weighted by atomic mass is 10.3. The number of hydrogen-bond donors (Lipinski definition) is 3. The molecular weight excluding hydrogens is 350 g/mol. The van der Waals surface area contributed by atoms with Crippen molar-refractivity contribution in [2.24, 2.45) is 0 Å². The third-order valence-electron chi connectivity index (χ3n) is 4.49. The van der Waals surface area contributed by atoms with Crippen LogP contribution in [-0.4, -0.2) is 54.1 Å². The number of H-pyrrole nitrogens is 1. The first-order valence-corrected chi connectivity index (χ1v) is 8.59. The molecule has 1 aliphatic rings. The van der Waals surface area contributed by atoms with Crippen molar-refractivity contribution in [3.8, 4) is 17.5 Å². The van der Waals surface area contributed by atoms with Crippen molar-refractivity contribution in [3.05, 3.63) is 53.9 Å². The summed E-state index contributed by atoms with van der Waals surface area (Å²) in [6.07, 6.45) is 0.634. The number of nitrogens with one attached hydrogen (secondary N) is 1. The first kappa shape index (κ1) is 17.0. The van der Waals surface area contributed by atoms with Crippen LogP contribution in [-0.2, 0) is 6.61 Å². The summed E-state index contributed by atoms with van der Waals surface area (Å²) >= 11 is 0. The second-order valence-corrected chi connectivity index (χ2v) is 6.38. The molecule has 1 fully saturated rings. The summed E-state index contributed by atoms with van der Waals surface area (Å²) in [6.45, 7) is 1.19. The first-order valence-electron chi connectivity index (χ1n) is 8.59. The molecule has 4 rings (SSSR count). The van der Waals surface area contributed by atoms with E-state index >= 15 is 0 Å². The summed E-state index contributed by atoms with van der Waals surface area (Å²) in [4.78, 5) is 14.3. The van der Waals surface area contributed by atoms with Gasteiger partial charge in [0.1, 0.15) is 12.4 Å². The number of ether oxygens (including phenoxy) is 1. The fraction of sp³-hybridized carbons (Fsp3) is 0.278. The van der Waals surface area contributed by atoms with Gasteiger partial charge in [-0.05, 0) is 24.6 Å². The molecule has 1 atom stereocenters. The highest BCUT2D eigenvalue weighted by Gasteiger charge is 2.31. The maximum atomic E-state index is 12.7. The summed E-state index contributed by atoms with van der Waals surface area (Å²) in [5.41, 5.74) is 1.02. The number of rotatable bonds is 5. The molecular formula is C18H19N5O4. The molecule has 0 aliphatic carbocycles. The number of para-hydroxylation sites is 1. The van der Waals surface area contributed by atoms with Crippen molar-refractivity contribution in [2.45, 2.75) is 19.1 Å². The Morgan fingerprint density at radius 3 is 2.81 bits per heavy atom. The minimum Gasteiger partial charge on any atom is -0.493 e. The molecule has 3 heterocycles. The van der Waals surface area contributed by atoms with Gasteiger partial charge in [-0.25, -0.2) is 4.68 Å². The lowest BCUT2D eigenvalue weighted by molar-refractivity contribution is 0.0780. The van der Waals surface area contributed by atoms with Crippen LogP contribution in [0.3, 0.4) is 0 Å². The molecule has 27 heavy (non-hydrogen) atoms. The number of benzene rings is 1. The van der Waals surface area contributed by atoms with Crippen LogP contribution in [0.1, 0.15) is 28.6 Å². The molecule has 0 radical (unpaired) electrons. The smallest absolute Gasteiger partial charge is 0.274 e. The first-order chi connectivity index (χ1) is 13.1. The average molecular weight is 369 g/mol. The number of aromatic nitrogens is 4. The van der Waals surface area contributed by atoms with E-state index < -0.39 is 0 Å². The zero-order chi connectivity index (χ0) is 18.8. The van der Waals surface area contributed by atoms with Gasteiger partial charge >= 0.3 is 0 Å². The van der Waals surface area contributed by atoms with Gasteiger partial charge in [-0.1, -0.05) is 18.2 Å². The number of aromatic amines is 1. The predicted octanol–water partition coefficient (Wildman–Crippen LogP) is 1.68. The van der Waals surface area contributed by atoms with Crippen LogP contribution in [0.5, 0.6) is 17.5 Å². The Hall–Kier alpha value is -3.49. The molecule has 0 bridgehead atoms. The molecule has 3 N–H and O–H groups in total. The summed E-state index contributed by atoms with van der Waals surface area (Å²) in [6, 6.07) is 12.1. The number of carbonyl (C=O) groups excluding carboxylic acids is 1. The van der Waals surface area contributed by atoms with Crippen LogP contribution in [0.2, 0.25) is 0 Å². The molecule has 9 nitrogen and oxygen atoms in total. The Labute approximate surface area is 154 Å².